The van der Waals surface area contributed by atoms with Crippen LogP contribution in [-0.4, -0.2) is 25.1 Å². The fourth-order valence-corrected chi connectivity index (χ4v) is 2.47. The lowest BCUT2D eigenvalue weighted by molar-refractivity contribution is -0.279. The van der Waals surface area contributed by atoms with Crippen molar-refractivity contribution in [3.63, 3.8) is 0 Å². The molecule has 1 aromatic rings. The average molecular weight is 278 g/mol. The van der Waals surface area contributed by atoms with E-state index in [1.165, 1.54) is 5.56 Å². The third-order valence-electron chi connectivity index (χ3n) is 3.97. The number of benzene rings is 1. The SMILES string of the molecule is CCC(CC)[C@H]1OC[C@@](C)(OCc2ccccc2)CO1. The van der Waals surface area contributed by atoms with E-state index in [1.807, 2.05) is 18.2 Å². The Morgan fingerprint density at radius 1 is 1.15 bits per heavy atom. The zero-order valence-electron chi connectivity index (χ0n) is 12.8. The lowest BCUT2D eigenvalue weighted by Crippen LogP contribution is -2.48. The zero-order valence-corrected chi connectivity index (χ0v) is 12.8. The van der Waals surface area contributed by atoms with Crippen LogP contribution in [0.1, 0.15) is 39.2 Å². The number of hydrogen-bond acceptors (Lipinski definition) is 3. The summed E-state index contributed by atoms with van der Waals surface area (Å²) in [4.78, 5) is 0. The molecule has 1 fully saturated rings. The molecule has 0 aromatic heterocycles. The first kappa shape index (κ1) is 15.5. The van der Waals surface area contributed by atoms with Gasteiger partial charge in [0.25, 0.3) is 0 Å². The van der Waals surface area contributed by atoms with Crippen molar-refractivity contribution in [1.82, 2.24) is 0 Å². The first-order chi connectivity index (χ1) is 9.67. The molecule has 1 aliphatic heterocycles. The number of ether oxygens (including phenoxy) is 3. The van der Waals surface area contributed by atoms with Crippen LogP contribution in [0.15, 0.2) is 30.3 Å². The van der Waals surface area contributed by atoms with E-state index in [4.69, 9.17) is 14.2 Å². The van der Waals surface area contributed by atoms with Crippen molar-refractivity contribution >= 4 is 0 Å². The van der Waals surface area contributed by atoms with E-state index in [1.54, 1.807) is 0 Å². The van der Waals surface area contributed by atoms with Crippen LogP contribution in [0.2, 0.25) is 0 Å². The minimum atomic E-state index is -0.349. The van der Waals surface area contributed by atoms with Crippen molar-refractivity contribution in [2.24, 2.45) is 5.92 Å². The third kappa shape index (κ3) is 4.05. The molecule has 0 spiro atoms. The summed E-state index contributed by atoms with van der Waals surface area (Å²) >= 11 is 0. The van der Waals surface area contributed by atoms with E-state index in [9.17, 15) is 0 Å². The highest BCUT2D eigenvalue weighted by Crippen LogP contribution is 2.27. The maximum atomic E-state index is 6.00. The maximum absolute atomic E-state index is 6.00. The van der Waals surface area contributed by atoms with Crippen molar-refractivity contribution in [1.29, 1.82) is 0 Å². The molecule has 1 heterocycles. The monoisotopic (exact) mass is 278 g/mol. The van der Waals surface area contributed by atoms with Gasteiger partial charge in [-0.1, -0.05) is 44.2 Å². The molecule has 0 saturated carbocycles. The van der Waals surface area contributed by atoms with Crippen LogP contribution in [0.5, 0.6) is 0 Å². The van der Waals surface area contributed by atoms with Crippen LogP contribution in [-0.2, 0) is 20.8 Å². The minimum absolute atomic E-state index is 0.0709. The Bertz CT molecular complexity index is 378. The van der Waals surface area contributed by atoms with Gasteiger partial charge in [-0.25, -0.2) is 0 Å². The quantitative estimate of drug-likeness (QED) is 0.792. The Kier molecular flexibility index (Phi) is 5.58. The second-order valence-corrected chi connectivity index (χ2v) is 5.79. The maximum Gasteiger partial charge on any atom is 0.160 e. The molecule has 20 heavy (non-hydrogen) atoms. The Morgan fingerprint density at radius 3 is 2.30 bits per heavy atom. The first-order valence-electron chi connectivity index (χ1n) is 7.58. The summed E-state index contributed by atoms with van der Waals surface area (Å²) in [5.41, 5.74) is 0.828. The predicted octanol–water partition coefficient (Wildman–Crippen LogP) is 3.77. The van der Waals surface area contributed by atoms with Crippen molar-refractivity contribution in [3.05, 3.63) is 35.9 Å². The van der Waals surface area contributed by atoms with Gasteiger partial charge >= 0.3 is 0 Å². The van der Waals surface area contributed by atoms with Gasteiger partial charge in [0.1, 0.15) is 5.60 Å². The summed E-state index contributed by atoms with van der Waals surface area (Å²) in [6, 6.07) is 10.2. The lowest BCUT2D eigenvalue weighted by atomic mass is 10.0. The predicted molar refractivity (Wildman–Crippen MR) is 79.4 cm³/mol. The molecule has 0 aliphatic carbocycles. The Morgan fingerprint density at radius 2 is 1.75 bits per heavy atom. The molecule has 0 amide bonds. The molecule has 0 atom stereocenters. The molecule has 3 heteroatoms. The molecule has 3 nitrogen and oxygen atoms in total. The molecule has 0 radical (unpaired) electrons. The average Bonchev–Trinajstić information content (AvgIpc) is 2.50. The van der Waals surface area contributed by atoms with Crippen molar-refractivity contribution in [3.8, 4) is 0 Å². The normalized spacial score (nSPS) is 26.9. The van der Waals surface area contributed by atoms with Gasteiger partial charge in [-0.2, -0.15) is 0 Å². The molecule has 1 aromatic carbocycles. The third-order valence-corrected chi connectivity index (χ3v) is 3.97. The summed E-state index contributed by atoms with van der Waals surface area (Å²) in [5, 5.41) is 0. The van der Waals surface area contributed by atoms with Gasteiger partial charge in [0.2, 0.25) is 0 Å². The van der Waals surface area contributed by atoms with Gasteiger partial charge in [0, 0.05) is 5.92 Å². The van der Waals surface area contributed by atoms with E-state index in [-0.39, 0.29) is 11.9 Å². The summed E-state index contributed by atoms with van der Waals surface area (Å²) in [6.45, 7) is 8.21. The van der Waals surface area contributed by atoms with Crippen molar-refractivity contribution < 1.29 is 14.2 Å². The Labute approximate surface area is 122 Å². The molecular weight excluding hydrogens is 252 g/mol. The fourth-order valence-electron chi connectivity index (χ4n) is 2.47. The van der Waals surface area contributed by atoms with Crippen molar-refractivity contribution in [2.45, 2.75) is 52.1 Å². The Balaban J connectivity index is 1.82. The van der Waals surface area contributed by atoms with Crippen LogP contribution in [0.25, 0.3) is 0 Å². The van der Waals surface area contributed by atoms with Crippen LogP contribution < -0.4 is 0 Å². The smallest absolute Gasteiger partial charge is 0.160 e. The summed E-state index contributed by atoms with van der Waals surface area (Å²) in [6.07, 6.45) is 2.10. The van der Waals surface area contributed by atoms with Gasteiger partial charge in [-0.15, -0.1) is 0 Å². The Hall–Kier alpha value is -0.900. The lowest BCUT2D eigenvalue weighted by Gasteiger charge is -2.39. The van der Waals surface area contributed by atoms with Crippen LogP contribution in [0.3, 0.4) is 0 Å². The molecule has 2 rings (SSSR count). The molecule has 1 saturated heterocycles. The molecule has 1 aliphatic rings. The second kappa shape index (κ2) is 7.21. The van der Waals surface area contributed by atoms with Gasteiger partial charge in [0.15, 0.2) is 6.29 Å². The van der Waals surface area contributed by atoms with E-state index >= 15 is 0 Å². The van der Waals surface area contributed by atoms with Crippen LogP contribution >= 0.6 is 0 Å². The molecule has 0 unspecified atom stereocenters. The highest BCUT2D eigenvalue weighted by atomic mass is 16.7. The standard InChI is InChI=1S/C17H26O3/c1-4-15(5-2)16-18-12-17(3,13-19-16)20-11-14-9-7-6-8-10-14/h6-10,15-16H,4-5,11-13H2,1-3H3/t16-,17+. The van der Waals surface area contributed by atoms with Crippen LogP contribution in [0, 0.1) is 5.92 Å². The van der Waals surface area contributed by atoms with Gasteiger partial charge < -0.3 is 14.2 Å². The van der Waals surface area contributed by atoms with E-state index < -0.39 is 0 Å². The van der Waals surface area contributed by atoms with Crippen LogP contribution in [0.4, 0.5) is 0 Å². The van der Waals surface area contributed by atoms with Gasteiger partial charge in [0.05, 0.1) is 19.8 Å². The highest BCUT2D eigenvalue weighted by Gasteiger charge is 2.35. The molecule has 0 bridgehead atoms. The van der Waals surface area contributed by atoms with Gasteiger partial charge in [-0.05, 0) is 25.3 Å². The zero-order chi connectivity index (χ0) is 14.4. The molecule has 112 valence electrons. The van der Waals surface area contributed by atoms with E-state index in [0.29, 0.717) is 25.7 Å². The first-order valence-corrected chi connectivity index (χ1v) is 7.58. The van der Waals surface area contributed by atoms with Crippen molar-refractivity contribution in [2.75, 3.05) is 13.2 Å². The largest absolute Gasteiger partial charge is 0.366 e. The summed E-state index contributed by atoms with van der Waals surface area (Å²) < 4.78 is 17.8. The topological polar surface area (TPSA) is 27.7 Å². The van der Waals surface area contributed by atoms with E-state index in [2.05, 4.69) is 32.9 Å². The minimum Gasteiger partial charge on any atom is -0.366 e. The molecular formula is C17H26O3. The van der Waals surface area contributed by atoms with E-state index in [0.717, 1.165) is 12.8 Å². The summed E-state index contributed by atoms with van der Waals surface area (Å²) in [5.74, 6) is 0.480. The highest BCUT2D eigenvalue weighted by molar-refractivity contribution is 5.13. The summed E-state index contributed by atoms with van der Waals surface area (Å²) in [7, 11) is 0. The fraction of sp³-hybridized carbons (Fsp3) is 0.647. The molecule has 0 N–H and O–H groups in total. The number of rotatable bonds is 6. The second-order valence-electron chi connectivity index (χ2n) is 5.79. The van der Waals surface area contributed by atoms with Gasteiger partial charge in [-0.3, -0.25) is 0 Å². The number of hydrogen-bond donors (Lipinski definition) is 0.